The summed E-state index contributed by atoms with van der Waals surface area (Å²) in [7, 11) is 0. The summed E-state index contributed by atoms with van der Waals surface area (Å²) in [4.78, 5) is 49.2. The molecule has 6 unspecified atom stereocenters. The van der Waals surface area contributed by atoms with Crippen LogP contribution in [0.25, 0.3) is 0 Å². The van der Waals surface area contributed by atoms with Crippen LogP contribution in [0.4, 0.5) is 37.5 Å². The van der Waals surface area contributed by atoms with Crippen LogP contribution in [0.2, 0.25) is 0 Å². The molecule has 17 nitrogen and oxygen atoms in total. The van der Waals surface area contributed by atoms with E-state index in [0.717, 1.165) is 0 Å². The number of piperidine rings is 3. The van der Waals surface area contributed by atoms with Gasteiger partial charge in [0.1, 0.15) is 24.0 Å². The molecular weight excluding hydrogens is 701 g/mol. The minimum absolute atomic E-state index is 0.00454. The molecule has 1 aromatic heterocycles. The van der Waals surface area contributed by atoms with Crippen molar-refractivity contribution in [3.05, 3.63) is 5.51 Å². The summed E-state index contributed by atoms with van der Waals surface area (Å²) in [6, 6.07) is -0.546. The van der Waals surface area contributed by atoms with Crippen LogP contribution in [0, 0.1) is 17.8 Å². The Kier molecular flexibility index (Phi) is 20.0. The van der Waals surface area contributed by atoms with Crippen LogP contribution in [0.15, 0.2) is 5.51 Å². The molecule has 0 spiro atoms. The Bertz CT molecular complexity index is 1180. The molecule has 4 heterocycles. The van der Waals surface area contributed by atoms with Crippen molar-refractivity contribution < 1.29 is 46.6 Å². The van der Waals surface area contributed by atoms with E-state index in [4.69, 9.17) is 25.8 Å². The second kappa shape index (κ2) is 23.6. The van der Waals surface area contributed by atoms with E-state index in [9.17, 15) is 32.3 Å². The van der Waals surface area contributed by atoms with Crippen molar-refractivity contribution in [1.82, 2.24) is 35.6 Å². The number of urea groups is 1. The molecule has 3 aliphatic heterocycles. The number of ether oxygens (including phenoxy) is 3. The highest BCUT2D eigenvalue weighted by Gasteiger charge is 2.34. The van der Waals surface area contributed by atoms with Crippen molar-refractivity contribution in [3.63, 3.8) is 0 Å². The molecule has 21 heteroatoms. The molecule has 7 N–H and O–H groups in total. The van der Waals surface area contributed by atoms with Gasteiger partial charge in [-0.05, 0) is 46.6 Å². The number of hydrazine groups is 1. The number of anilines is 1. The summed E-state index contributed by atoms with van der Waals surface area (Å²) in [5, 5.41) is 13.8. The van der Waals surface area contributed by atoms with Gasteiger partial charge in [-0.1, -0.05) is 11.3 Å². The van der Waals surface area contributed by atoms with Gasteiger partial charge in [-0.2, -0.15) is 0 Å². The molecule has 0 aromatic carbocycles. The highest BCUT2D eigenvalue weighted by molar-refractivity contribution is 7.13. The van der Waals surface area contributed by atoms with Gasteiger partial charge in [-0.15, -0.1) is 10.2 Å². The Labute approximate surface area is 300 Å². The molecular formula is C30H53F3N10O7S. The van der Waals surface area contributed by atoms with E-state index < -0.39 is 42.8 Å². The number of hydrogen-bond donors (Lipinski definition) is 5. The number of nitrogens with zero attached hydrogens (tertiary/aromatic N) is 5. The number of nitrogens with one attached hydrogen (secondary N) is 3. The van der Waals surface area contributed by atoms with Crippen molar-refractivity contribution >= 4 is 40.8 Å². The van der Waals surface area contributed by atoms with E-state index in [1.165, 1.54) is 26.0 Å². The summed E-state index contributed by atoms with van der Waals surface area (Å²) >= 11 is 1.38. The molecule has 292 valence electrons. The number of rotatable bonds is 9. The lowest BCUT2D eigenvalue weighted by atomic mass is 9.95. The lowest BCUT2D eigenvalue weighted by Crippen LogP contribution is -2.49. The maximum atomic E-state index is 14.0. The van der Waals surface area contributed by atoms with Crippen LogP contribution in [0.1, 0.15) is 40.0 Å². The third-order valence-corrected chi connectivity index (χ3v) is 9.09. The molecule has 6 atom stereocenters. The first kappa shape index (κ1) is 43.3. The van der Waals surface area contributed by atoms with Gasteiger partial charge in [-0.25, -0.2) is 38.2 Å². The second-order valence-corrected chi connectivity index (χ2v) is 12.7. The monoisotopic (exact) mass is 754 g/mol. The predicted octanol–water partition coefficient (Wildman–Crippen LogP) is 2.50. The number of likely N-dealkylation sites (tertiary alicyclic amines) is 3. The largest absolute Gasteiger partial charge is 0.450 e. The second-order valence-electron chi connectivity index (χ2n) is 11.8. The highest BCUT2D eigenvalue weighted by atomic mass is 32.1. The van der Waals surface area contributed by atoms with Gasteiger partial charge in [0.2, 0.25) is 5.13 Å². The maximum absolute atomic E-state index is 14.0. The van der Waals surface area contributed by atoms with Crippen LogP contribution in [0.5, 0.6) is 0 Å². The van der Waals surface area contributed by atoms with Gasteiger partial charge in [0.25, 0.3) is 0 Å². The zero-order valence-corrected chi connectivity index (χ0v) is 30.3. The molecule has 0 saturated carbocycles. The fourth-order valence-corrected chi connectivity index (χ4v) is 5.93. The van der Waals surface area contributed by atoms with E-state index in [1.807, 2.05) is 5.43 Å². The number of carbonyl (C=O) groups is 4. The first-order chi connectivity index (χ1) is 24.5. The average molecular weight is 755 g/mol. The molecule has 0 aliphatic carbocycles. The number of halogens is 3. The Balaban J connectivity index is 0.000000268. The predicted molar refractivity (Wildman–Crippen MR) is 183 cm³/mol. The average Bonchev–Trinajstić information content (AvgIpc) is 3.65. The summed E-state index contributed by atoms with van der Waals surface area (Å²) < 4.78 is 55.6. The van der Waals surface area contributed by atoms with Gasteiger partial charge in [-0.3, -0.25) is 5.43 Å². The minimum atomic E-state index is -1.18. The normalized spacial score (nSPS) is 24.4. The van der Waals surface area contributed by atoms with Crippen molar-refractivity contribution in [1.29, 1.82) is 0 Å². The third-order valence-electron chi connectivity index (χ3n) is 8.44. The number of hydrogen-bond acceptors (Lipinski definition) is 13. The molecule has 51 heavy (non-hydrogen) atoms. The Morgan fingerprint density at radius 3 is 1.57 bits per heavy atom. The van der Waals surface area contributed by atoms with Gasteiger partial charge in [0.05, 0.1) is 39.5 Å². The van der Waals surface area contributed by atoms with Crippen molar-refractivity contribution in [2.45, 2.75) is 58.5 Å². The zero-order chi connectivity index (χ0) is 37.8. The molecule has 5 amide bonds. The quantitative estimate of drug-likeness (QED) is 0.106. The van der Waals surface area contributed by atoms with Gasteiger partial charge < -0.3 is 45.3 Å². The van der Waals surface area contributed by atoms with Crippen molar-refractivity contribution in [2.24, 2.45) is 29.3 Å². The molecule has 0 bridgehead atoms. The third kappa shape index (κ3) is 15.1. The fraction of sp³-hybridized carbons (Fsp3) is 0.800. The van der Waals surface area contributed by atoms with Gasteiger partial charge in [0.15, 0.2) is 0 Å². The smallest absolute Gasteiger partial charge is 0.409 e. The van der Waals surface area contributed by atoms with Gasteiger partial charge >= 0.3 is 24.3 Å². The zero-order valence-electron chi connectivity index (χ0n) is 29.4. The number of nitrogens with two attached hydrogens (primary N) is 2. The van der Waals surface area contributed by atoms with E-state index in [0.29, 0.717) is 70.3 Å². The molecule has 0 radical (unpaired) electrons. The van der Waals surface area contributed by atoms with Crippen molar-refractivity contribution in [2.75, 3.05) is 84.0 Å². The van der Waals surface area contributed by atoms with Crippen LogP contribution >= 0.6 is 11.3 Å². The van der Waals surface area contributed by atoms with Crippen LogP contribution in [-0.4, -0.2) is 146 Å². The summed E-state index contributed by atoms with van der Waals surface area (Å²) in [5.74, 6) is 4.35. The summed E-state index contributed by atoms with van der Waals surface area (Å²) in [6.07, 6.45) is -2.87. The number of aromatic nitrogens is 2. The summed E-state index contributed by atoms with van der Waals surface area (Å²) in [5.41, 5.74) is 8.93. The van der Waals surface area contributed by atoms with E-state index in [1.54, 1.807) is 26.3 Å². The minimum Gasteiger partial charge on any atom is -0.450 e. The van der Waals surface area contributed by atoms with Gasteiger partial charge in [0, 0.05) is 50.5 Å². The van der Waals surface area contributed by atoms with E-state index >= 15 is 0 Å². The van der Waals surface area contributed by atoms with E-state index in [-0.39, 0.29) is 50.5 Å². The lowest BCUT2D eigenvalue weighted by molar-refractivity contribution is 0.0581. The van der Waals surface area contributed by atoms with Crippen LogP contribution < -0.4 is 27.6 Å². The number of alkyl halides is 3. The van der Waals surface area contributed by atoms with E-state index in [2.05, 4.69) is 20.8 Å². The summed E-state index contributed by atoms with van der Waals surface area (Å²) in [6.45, 7) is 8.84. The number of carbonyl (C=O) groups excluding carboxylic acids is 4. The van der Waals surface area contributed by atoms with Crippen LogP contribution in [-0.2, 0) is 14.2 Å². The first-order valence-electron chi connectivity index (χ1n) is 17.1. The van der Waals surface area contributed by atoms with Crippen LogP contribution in [0.3, 0.4) is 0 Å². The standard InChI is InChI=1S/C11H17FN4O2S.C10H19FN4O3.C9H17FN2O2/c1-2-18-11(17)16-4-3-8(9(12)6-16)5-13-10-15-14-7-19-10;1-2-18-10(17)15-4-3-7(8(11)6-15)5-13-9(16)14-12;1-2-14-9(13)12-4-3-7(5-11)8(10)6-12/h7-9H,2-6H2,1H3,(H,13,15);7-8H,2-6,12H2,1H3,(H2,13,14,16);7-8H,2-6,11H2,1H3. The maximum Gasteiger partial charge on any atom is 0.409 e. The molecule has 3 saturated heterocycles. The molecule has 1 aromatic rings. The Morgan fingerprint density at radius 2 is 1.22 bits per heavy atom. The topological polar surface area (TPSA) is 220 Å². The lowest BCUT2D eigenvalue weighted by Gasteiger charge is -2.33. The molecule has 4 rings (SSSR count). The molecule has 3 aliphatic rings. The Morgan fingerprint density at radius 1 is 0.784 bits per heavy atom. The SMILES string of the molecule is CCOC(=O)N1CCC(CN)C(F)C1.CCOC(=O)N1CCC(CNC(=O)NN)C(F)C1.CCOC(=O)N1CCC(CNc2nncs2)C(F)C1. The number of amides is 5. The molecule has 3 fully saturated rings. The fourth-order valence-electron chi connectivity index (χ4n) is 5.47. The Hall–Kier alpha value is -3.85. The first-order valence-corrected chi connectivity index (χ1v) is 18.0. The van der Waals surface area contributed by atoms with Crippen molar-refractivity contribution in [3.8, 4) is 0 Å². The highest BCUT2D eigenvalue weighted by Crippen LogP contribution is 2.23.